The van der Waals surface area contributed by atoms with Gasteiger partial charge in [0.1, 0.15) is 17.1 Å². The molecule has 0 radical (unpaired) electrons. The van der Waals surface area contributed by atoms with Crippen LogP contribution in [0.4, 0.5) is 4.79 Å². The van der Waals surface area contributed by atoms with Crippen LogP contribution in [0.3, 0.4) is 0 Å². The number of aliphatic imine (C=N–C) groups is 1. The molecule has 1 heterocycles. The number of ether oxygens (including phenoxy) is 3. The number of methoxy groups -OCH3 is 1. The summed E-state index contributed by atoms with van der Waals surface area (Å²) in [5.74, 6) is 2.05. The number of nitrogens with two attached hydrogens (primary N) is 1. The number of carbonyl (C=O) groups excluding carboxylic acids is 1. The molecule has 1 aromatic rings. The highest BCUT2D eigenvalue weighted by Gasteiger charge is 2.26. The van der Waals surface area contributed by atoms with Crippen LogP contribution in [0.1, 0.15) is 27.2 Å². The van der Waals surface area contributed by atoms with Crippen molar-refractivity contribution >= 4 is 12.1 Å². The van der Waals surface area contributed by atoms with Gasteiger partial charge >= 0.3 is 6.09 Å². The number of hydrogen-bond donors (Lipinski definition) is 1. The fourth-order valence-corrected chi connectivity index (χ4v) is 2.68. The van der Waals surface area contributed by atoms with E-state index in [1.165, 1.54) is 0 Å². The summed E-state index contributed by atoms with van der Waals surface area (Å²) < 4.78 is 16.3. The van der Waals surface area contributed by atoms with E-state index < -0.39 is 5.60 Å². The van der Waals surface area contributed by atoms with Crippen molar-refractivity contribution in [3.05, 3.63) is 24.3 Å². The van der Waals surface area contributed by atoms with E-state index in [4.69, 9.17) is 19.9 Å². The van der Waals surface area contributed by atoms with Crippen LogP contribution >= 0.6 is 0 Å². The first kappa shape index (κ1) is 21.7. The lowest BCUT2D eigenvalue weighted by Gasteiger charge is -2.36. The van der Waals surface area contributed by atoms with E-state index >= 15 is 0 Å². The van der Waals surface area contributed by atoms with Crippen LogP contribution < -0.4 is 15.2 Å². The zero-order valence-corrected chi connectivity index (χ0v) is 17.3. The van der Waals surface area contributed by atoms with Crippen molar-refractivity contribution in [2.24, 2.45) is 10.7 Å². The zero-order valence-electron chi connectivity index (χ0n) is 17.3. The number of carbonyl (C=O) groups is 1. The maximum Gasteiger partial charge on any atom is 0.410 e. The molecule has 2 rings (SSSR count). The van der Waals surface area contributed by atoms with Gasteiger partial charge in [-0.1, -0.05) is 6.07 Å². The van der Waals surface area contributed by atoms with Crippen LogP contribution in [-0.4, -0.2) is 73.9 Å². The highest BCUT2D eigenvalue weighted by molar-refractivity contribution is 5.78. The van der Waals surface area contributed by atoms with Crippen LogP contribution in [0.25, 0.3) is 0 Å². The van der Waals surface area contributed by atoms with Gasteiger partial charge in [-0.05, 0) is 32.9 Å². The number of nitrogens with zero attached hydrogens (tertiary/aromatic N) is 3. The summed E-state index contributed by atoms with van der Waals surface area (Å²) in [6.07, 6.45) is 0.479. The Hall–Kier alpha value is -2.64. The lowest BCUT2D eigenvalue weighted by atomic mass is 10.2. The smallest absolute Gasteiger partial charge is 0.410 e. The highest BCUT2D eigenvalue weighted by Crippen LogP contribution is 2.18. The average Bonchev–Trinajstić information content (AvgIpc) is 2.66. The van der Waals surface area contributed by atoms with Gasteiger partial charge in [-0.3, -0.25) is 4.99 Å². The Kier molecular flexibility index (Phi) is 7.78. The molecule has 1 fully saturated rings. The van der Waals surface area contributed by atoms with Crippen LogP contribution in [0.5, 0.6) is 11.5 Å². The van der Waals surface area contributed by atoms with Gasteiger partial charge in [0, 0.05) is 45.2 Å². The van der Waals surface area contributed by atoms with E-state index in [9.17, 15) is 4.79 Å². The van der Waals surface area contributed by atoms with Crippen LogP contribution in [0.15, 0.2) is 29.3 Å². The molecule has 28 heavy (non-hydrogen) atoms. The summed E-state index contributed by atoms with van der Waals surface area (Å²) in [4.78, 5) is 20.2. The molecule has 1 aromatic carbocycles. The topological polar surface area (TPSA) is 89.6 Å². The zero-order chi connectivity index (χ0) is 20.6. The number of benzene rings is 1. The maximum absolute atomic E-state index is 12.1. The standard InChI is InChI=1S/C20H32N4O4/c1-20(2,3)28-19(25)24-12-10-23(11-13-24)18(21)22-9-6-14-27-17-8-5-7-16(15-17)26-4/h5,7-8,15H,6,9-14H2,1-4H3,(H2,21,22). The Labute approximate surface area is 167 Å². The van der Waals surface area contributed by atoms with Gasteiger partial charge in [-0.15, -0.1) is 0 Å². The van der Waals surface area contributed by atoms with Crippen molar-refractivity contribution in [3.63, 3.8) is 0 Å². The van der Waals surface area contributed by atoms with Crippen LogP contribution in [-0.2, 0) is 4.74 Å². The fraction of sp³-hybridized carbons (Fsp3) is 0.600. The van der Waals surface area contributed by atoms with Gasteiger partial charge in [0.05, 0.1) is 13.7 Å². The Morgan fingerprint density at radius 3 is 2.43 bits per heavy atom. The van der Waals surface area contributed by atoms with Gasteiger partial charge in [0.2, 0.25) is 0 Å². The number of rotatable bonds is 6. The Balaban J connectivity index is 1.68. The van der Waals surface area contributed by atoms with Gasteiger partial charge < -0.3 is 29.7 Å². The summed E-state index contributed by atoms with van der Waals surface area (Å²) in [5, 5.41) is 0. The number of guanidine groups is 1. The fourth-order valence-electron chi connectivity index (χ4n) is 2.68. The molecule has 1 saturated heterocycles. The van der Waals surface area contributed by atoms with Crippen molar-refractivity contribution < 1.29 is 19.0 Å². The van der Waals surface area contributed by atoms with Gasteiger partial charge in [0.15, 0.2) is 5.96 Å². The second-order valence-corrected chi connectivity index (χ2v) is 7.58. The predicted molar refractivity (Wildman–Crippen MR) is 109 cm³/mol. The summed E-state index contributed by atoms with van der Waals surface area (Å²) in [6, 6.07) is 7.51. The number of piperazine rings is 1. The van der Waals surface area contributed by atoms with E-state index in [0.717, 1.165) is 17.9 Å². The molecular weight excluding hydrogens is 360 g/mol. The van der Waals surface area contributed by atoms with Gasteiger partial charge in [0.25, 0.3) is 0 Å². The molecule has 0 unspecified atom stereocenters. The van der Waals surface area contributed by atoms with Crippen molar-refractivity contribution in [1.82, 2.24) is 9.80 Å². The molecule has 8 nitrogen and oxygen atoms in total. The van der Waals surface area contributed by atoms with E-state index in [-0.39, 0.29) is 6.09 Å². The third kappa shape index (κ3) is 7.17. The van der Waals surface area contributed by atoms with Crippen molar-refractivity contribution in [2.75, 3.05) is 46.4 Å². The SMILES string of the molecule is COc1cccc(OCCCN=C(N)N2CCN(C(=O)OC(C)(C)C)CC2)c1. The largest absolute Gasteiger partial charge is 0.497 e. The van der Waals surface area contributed by atoms with E-state index in [2.05, 4.69) is 4.99 Å². The lowest BCUT2D eigenvalue weighted by molar-refractivity contribution is 0.0186. The summed E-state index contributed by atoms with van der Waals surface area (Å²) in [6.45, 7) is 9.17. The third-order valence-electron chi connectivity index (χ3n) is 4.14. The molecule has 156 valence electrons. The third-order valence-corrected chi connectivity index (χ3v) is 4.14. The molecule has 0 spiro atoms. The first-order valence-electron chi connectivity index (χ1n) is 9.58. The van der Waals surface area contributed by atoms with Gasteiger partial charge in [-0.2, -0.15) is 0 Å². The number of amides is 1. The van der Waals surface area contributed by atoms with Crippen LogP contribution in [0, 0.1) is 0 Å². The summed E-state index contributed by atoms with van der Waals surface area (Å²) in [5.41, 5.74) is 5.60. The second kappa shape index (κ2) is 10.1. The highest BCUT2D eigenvalue weighted by atomic mass is 16.6. The lowest BCUT2D eigenvalue weighted by Crippen LogP contribution is -2.53. The minimum atomic E-state index is -0.484. The molecule has 0 saturated carbocycles. The van der Waals surface area contributed by atoms with E-state index in [1.807, 2.05) is 49.9 Å². The molecule has 1 amide bonds. The van der Waals surface area contributed by atoms with Crippen LogP contribution in [0.2, 0.25) is 0 Å². The molecular formula is C20H32N4O4. The van der Waals surface area contributed by atoms with Crippen molar-refractivity contribution in [2.45, 2.75) is 32.8 Å². The minimum Gasteiger partial charge on any atom is -0.497 e. The van der Waals surface area contributed by atoms with Gasteiger partial charge in [-0.25, -0.2) is 4.79 Å². The average molecular weight is 393 g/mol. The molecule has 0 atom stereocenters. The first-order valence-corrected chi connectivity index (χ1v) is 9.58. The predicted octanol–water partition coefficient (Wildman–Crippen LogP) is 2.33. The van der Waals surface area contributed by atoms with E-state index in [1.54, 1.807) is 12.0 Å². The molecule has 1 aliphatic heterocycles. The van der Waals surface area contributed by atoms with Crippen molar-refractivity contribution in [3.8, 4) is 11.5 Å². The van der Waals surface area contributed by atoms with Crippen molar-refractivity contribution in [1.29, 1.82) is 0 Å². The second-order valence-electron chi connectivity index (χ2n) is 7.58. The Bertz CT molecular complexity index is 664. The number of hydrogen-bond acceptors (Lipinski definition) is 5. The first-order chi connectivity index (χ1) is 13.3. The maximum atomic E-state index is 12.1. The molecule has 0 aliphatic carbocycles. The molecule has 8 heteroatoms. The molecule has 2 N–H and O–H groups in total. The Morgan fingerprint density at radius 2 is 1.79 bits per heavy atom. The monoisotopic (exact) mass is 392 g/mol. The Morgan fingerprint density at radius 1 is 1.14 bits per heavy atom. The molecule has 0 bridgehead atoms. The molecule has 1 aliphatic rings. The molecule has 0 aromatic heterocycles. The quantitative estimate of drug-likeness (QED) is 0.454. The summed E-state index contributed by atoms with van der Waals surface area (Å²) >= 11 is 0. The normalized spacial score (nSPS) is 15.4. The summed E-state index contributed by atoms with van der Waals surface area (Å²) in [7, 11) is 1.63. The minimum absolute atomic E-state index is 0.280. The van der Waals surface area contributed by atoms with E-state index in [0.29, 0.717) is 45.3 Å².